The van der Waals surface area contributed by atoms with Gasteiger partial charge in [0.2, 0.25) is 0 Å². The summed E-state index contributed by atoms with van der Waals surface area (Å²) in [5, 5.41) is 2.92. The molecule has 4 nitrogen and oxygen atoms in total. The Labute approximate surface area is 137 Å². The molecule has 0 atom stereocenters. The van der Waals surface area contributed by atoms with Gasteiger partial charge in [0.25, 0.3) is 5.91 Å². The van der Waals surface area contributed by atoms with Gasteiger partial charge in [-0.1, -0.05) is 18.6 Å². The largest absolute Gasteiger partial charge is 0.399 e. The second kappa shape index (κ2) is 7.29. The minimum Gasteiger partial charge on any atom is -0.399 e. The number of hydrogen-bond acceptors (Lipinski definition) is 3. The molecule has 1 amide bonds. The molecule has 23 heavy (non-hydrogen) atoms. The quantitative estimate of drug-likeness (QED) is 0.850. The number of rotatable bonds is 4. The van der Waals surface area contributed by atoms with E-state index in [4.69, 9.17) is 5.73 Å². The molecule has 0 aromatic heterocycles. The number of piperidine rings is 1. The predicted molar refractivity (Wildman–Crippen MR) is 94.4 cm³/mol. The van der Waals surface area contributed by atoms with Crippen molar-refractivity contribution in [1.82, 2.24) is 4.90 Å². The number of nitrogen functional groups attached to an aromatic ring is 1. The van der Waals surface area contributed by atoms with Crippen LogP contribution in [0.3, 0.4) is 0 Å². The van der Waals surface area contributed by atoms with Gasteiger partial charge in [-0.3, -0.25) is 9.69 Å². The van der Waals surface area contributed by atoms with Crippen molar-refractivity contribution in [2.45, 2.75) is 25.8 Å². The van der Waals surface area contributed by atoms with Crippen molar-refractivity contribution in [3.63, 3.8) is 0 Å². The zero-order chi connectivity index (χ0) is 16.1. The van der Waals surface area contributed by atoms with Crippen LogP contribution in [0.2, 0.25) is 0 Å². The Balaban J connectivity index is 1.58. The lowest BCUT2D eigenvalue weighted by molar-refractivity contribution is 0.102. The molecular formula is C19H23N3O. The lowest BCUT2D eigenvalue weighted by Gasteiger charge is -2.26. The number of carbonyl (C=O) groups excluding carboxylic acids is 1. The predicted octanol–water partition coefficient (Wildman–Crippen LogP) is 3.51. The molecule has 0 bridgehead atoms. The number of anilines is 2. The lowest BCUT2D eigenvalue weighted by Crippen LogP contribution is -2.29. The van der Waals surface area contributed by atoms with E-state index in [0.717, 1.165) is 12.2 Å². The normalized spacial score (nSPS) is 15.3. The number of likely N-dealkylation sites (tertiary alicyclic amines) is 1. The van der Waals surface area contributed by atoms with E-state index in [1.54, 1.807) is 24.3 Å². The molecule has 3 rings (SSSR count). The van der Waals surface area contributed by atoms with Crippen LogP contribution in [0.5, 0.6) is 0 Å². The van der Waals surface area contributed by atoms with Crippen LogP contribution in [0.15, 0.2) is 48.5 Å². The Morgan fingerprint density at radius 3 is 2.26 bits per heavy atom. The highest BCUT2D eigenvalue weighted by molar-refractivity contribution is 6.04. The van der Waals surface area contributed by atoms with Crippen LogP contribution in [-0.4, -0.2) is 23.9 Å². The molecule has 2 aromatic carbocycles. The van der Waals surface area contributed by atoms with Gasteiger partial charge in [-0.25, -0.2) is 0 Å². The molecule has 1 heterocycles. The van der Waals surface area contributed by atoms with Crippen LogP contribution in [0.4, 0.5) is 11.4 Å². The van der Waals surface area contributed by atoms with Gasteiger partial charge >= 0.3 is 0 Å². The lowest BCUT2D eigenvalue weighted by atomic mass is 10.1. The summed E-state index contributed by atoms with van der Waals surface area (Å²) in [4.78, 5) is 14.7. The summed E-state index contributed by atoms with van der Waals surface area (Å²) in [7, 11) is 0. The van der Waals surface area contributed by atoms with E-state index < -0.39 is 0 Å². The van der Waals surface area contributed by atoms with E-state index in [9.17, 15) is 4.79 Å². The van der Waals surface area contributed by atoms with Crippen molar-refractivity contribution in [3.05, 3.63) is 59.7 Å². The summed E-state index contributed by atoms with van der Waals surface area (Å²) in [6, 6.07) is 15.0. The second-order valence-electron chi connectivity index (χ2n) is 6.11. The van der Waals surface area contributed by atoms with Crippen LogP contribution < -0.4 is 11.1 Å². The van der Waals surface area contributed by atoms with Crippen LogP contribution in [0.25, 0.3) is 0 Å². The molecule has 1 saturated heterocycles. The van der Waals surface area contributed by atoms with Gasteiger partial charge in [-0.05, 0) is 67.9 Å². The maximum Gasteiger partial charge on any atom is 0.255 e. The molecule has 1 aliphatic heterocycles. The summed E-state index contributed by atoms with van der Waals surface area (Å²) in [5.41, 5.74) is 9.00. The third-order valence-corrected chi connectivity index (χ3v) is 4.24. The fourth-order valence-electron chi connectivity index (χ4n) is 2.91. The Hall–Kier alpha value is -2.33. The highest BCUT2D eigenvalue weighted by Crippen LogP contribution is 2.16. The average molecular weight is 309 g/mol. The number of nitrogens with one attached hydrogen (secondary N) is 1. The van der Waals surface area contributed by atoms with Crippen molar-refractivity contribution >= 4 is 17.3 Å². The number of amides is 1. The average Bonchev–Trinajstić information content (AvgIpc) is 2.58. The summed E-state index contributed by atoms with van der Waals surface area (Å²) >= 11 is 0. The smallest absolute Gasteiger partial charge is 0.255 e. The van der Waals surface area contributed by atoms with Crippen molar-refractivity contribution in [3.8, 4) is 0 Å². The fourth-order valence-corrected chi connectivity index (χ4v) is 2.91. The molecule has 120 valence electrons. The zero-order valence-corrected chi connectivity index (χ0v) is 13.3. The first-order valence-electron chi connectivity index (χ1n) is 8.19. The van der Waals surface area contributed by atoms with Gasteiger partial charge in [-0.2, -0.15) is 0 Å². The van der Waals surface area contributed by atoms with Crippen molar-refractivity contribution in [1.29, 1.82) is 0 Å². The van der Waals surface area contributed by atoms with Crippen molar-refractivity contribution < 1.29 is 4.79 Å². The van der Waals surface area contributed by atoms with Gasteiger partial charge in [0, 0.05) is 23.5 Å². The summed E-state index contributed by atoms with van der Waals surface area (Å²) in [5.74, 6) is -0.117. The van der Waals surface area contributed by atoms with Gasteiger partial charge in [-0.15, -0.1) is 0 Å². The van der Waals surface area contributed by atoms with E-state index in [1.807, 2.05) is 12.1 Å². The minimum absolute atomic E-state index is 0.117. The first kappa shape index (κ1) is 15.6. The van der Waals surface area contributed by atoms with E-state index in [1.165, 1.54) is 37.9 Å². The standard InChI is InChI=1S/C19H23N3O/c20-17-8-6-16(7-9-17)19(23)21-18-10-4-15(5-11-18)14-22-12-2-1-3-13-22/h4-11H,1-3,12-14,20H2,(H,21,23). The molecule has 2 aromatic rings. The van der Waals surface area contributed by atoms with Crippen molar-refractivity contribution in [2.24, 2.45) is 0 Å². The van der Waals surface area contributed by atoms with Gasteiger partial charge in [0.15, 0.2) is 0 Å². The van der Waals surface area contributed by atoms with Gasteiger partial charge < -0.3 is 11.1 Å². The third kappa shape index (κ3) is 4.33. The third-order valence-electron chi connectivity index (χ3n) is 4.24. The fraction of sp³-hybridized carbons (Fsp3) is 0.316. The van der Waals surface area contributed by atoms with Gasteiger partial charge in [0.05, 0.1) is 0 Å². The SMILES string of the molecule is Nc1ccc(C(=O)Nc2ccc(CN3CCCCC3)cc2)cc1. The topological polar surface area (TPSA) is 58.4 Å². The van der Waals surface area contributed by atoms with Crippen LogP contribution >= 0.6 is 0 Å². The minimum atomic E-state index is -0.117. The molecule has 0 spiro atoms. The Morgan fingerprint density at radius 2 is 1.61 bits per heavy atom. The van der Waals surface area contributed by atoms with Crippen LogP contribution in [0.1, 0.15) is 35.2 Å². The first-order valence-corrected chi connectivity index (χ1v) is 8.19. The number of hydrogen-bond donors (Lipinski definition) is 2. The highest BCUT2D eigenvalue weighted by atomic mass is 16.1. The maximum absolute atomic E-state index is 12.2. The molecule has 0 unspecified atom stereocenters. The highest BCUT2D eigenvalue weighted by Gasteiger charge is 2.10. The molecule has 4 heteroatoms. The summed E-state index contributed by atoms with van der Waals surface area (Å²) < 4.78 is 0. The molecule has 0 radical (unpaired) electrons. The molecule has 0 saturated carbocycles. The Morgan fingerprint density at radius 1 is 0.957 bits per heavy atom. The van der Waals surface area contributed by atoms with E-state index >= 15 is 0 Å². The molecule has 0 aliphatic carbocycles. The monoisotopic (exact) mass is 309 g/mol. The summed E-state index contributed by atoms with van der Waals surface area (Å²) in [6.07, 6.45) is 3.96. The number of nitrogens with zero attached hydrogens (tertiary/aromatic N) is 1. The van der Waals surface area contributed by atoms with E-state index in [-0.39, 0.29) is 5.91 Å². The molecule has 3 N–H and O–H groups in total. The molecule has 1 aliphatic rings. The maximum atomic E-state index is 12.2. The Bertz CT molecular complexity index is 643. The van der Waals surface area contributed by atoms with Gasteiger partial charge in [0.1, 0.15) is 0 Å². The molecule has 1 fully saturated rings. The van der Waals surface area contributed by atoms with E-state index in [0.29, 0.717) is 11.3 Å². The first-order chi connectivity index (χ1) is 11.2. The second-order valence-corrected chi connectivity index (χ2v) is 6.11. The molecular weight excluding hydrogens is 286 g/mol. The number of carbonyl (C=O) groups is 1. The Kier molecular flexibility index (Phi) is 4.93. The number of benzene rings is 2. The van der Waals surface area contributed by atoms with E-state index in [2.05, 4.69) is 22.3 Å². The van der Waals surface area contributed by atoms with Crippen molar-refractivity contribution in [2.75, 3.05) is 24.1 Å². The zero-order valence-electron chi connectivity index (χ0n) is 13.3. The van der Waals surface area contributed by atoms with Crippen LogP contribution in [0, 0.1) is 0 Å². The van der Waals surface area contributed by atoms with Crippen LogP contribution in [-0.2, 0) is 6.54 Å². The summed E-state index contributed by atoms with van der Waals surface area (Å²) in [6.45, 7) is 3.37. The number of nitrogens with two attached hydrogens (primary N) is 1.